The van der Waals surface area contributed by atoms with E-state index in [9.17, 15) is 37.1 Å². The lowest BCUT2D eigenvalue weighted by Crippen LogP contribution is -2.35. The maximum atomic E-state index is 13.5. The molecule has 0 saturated carbocycles. The van der Waals surface area contributed by atoms with E-state index in [1.807, 2.05) is 13.8 Å². The summed E-state index contributed by atoms with van der Waals surface area (Å²) in [7, 11) is 0. The summed E-state index contributed by atoms with van der Waals surface area (Å²) in [6.45, 7) is 3.48. The number of alkyl halides is 3. The Bertz CT molecular complexity index is 1980. The van der Waals surface area contributed by atoms with Gasteiger partial charge in [-0.1, -0.05) is 25.6 Å². The number of amidine groups is 1. The lowest BCUT2D eigenvalue weighted by molar-refractivity contribution is -0.192. The molecule has 0 aliphatic carbocycles. The molecule has 2 amide bonds. The molecule has 18 heteroatoms. The second-order valence-corrected chi connectivity index (χ2v) is 11.2. The first kappa shape index (κ1) is 41.7. The number of phenols is 1. The van der Waals surface area contributed by atoms with Gasteiger partial charge in [-0.25, -0.2) is 14.2 Å². The van der Waals surface area contributed by atoms with E-state index in [2.05, 4.69) is 20.9 Å². The number of rotatable bonds is 11. The molecule has 0 atom stereocenters. The van der Waals surface area contributed by atoms with Crippen molar-refractivity contribution in [3.8, 4) is 17.0 Å². The van der Waals surface area contributed by atoms with E-state index >= 15 is 0 Å². The molecule has 0 bridgehead atoms. The van der Waals surface area contributed by atoms with Crippen LogP contribution in [-0.4, -0.2) is 55.6 Å². The van der Waals surface area contributed by atoms with Crippen LogP contribution in [0.25, 0.3) is 11.3 Å². The van der Waals surface area contributed by atoms with Crippen LogP contribution in [0.3, 0.4) is 0 Å². The maximum Gasteiger partial charge on any atom is 0.490 e. The lowest BCUT2D eigenvalue weighted by Gasteiger charge is -2.17. The number of nitrogens with two attached hydrogens (primary N) is 2. The van der Waals surface area contributed by atoms with Gasteiger partial charge in [0.25, 0.3) is 11.5 Å². The Morgan fingerprint density at radius 1 is 0.981 bits per heavy atom. The van der Waals surface area contributed by atoms with Crippen molar-refractivity contribution in [2.75, 3.05) is 11.1 Å². The van der Waals surface area contributed by atoms with Crippen LogP contribution in [0.4, 0.5) is 29.1 Å². The number of carbonyl (C=O) groups excluding carboxylic acids is 2. The summed E-state index contributed by atoms with van der Waals surface area (Å²) in [5, 5.41) is 33.2. The Morgan fingerprint density at radius 2 is 1.58 bits per heavy atom. The van der Waals surface area contributed by atoms with E-state index in [4.69, 9.17) is 26.8 Å². The third-order valence-electron chi connectivity index (χ3n) is 6.75. The monoisotopic (exact) mass is 730 g/mol. The second-order valence-electron chi connectivity index (χ2n) is 11.2. The first-order valence-corrected chi connectivity index (χ1v) is 14.9. The average molecular weight is 731 g/mol. The van der Waals surface area contributed by atoms with Gasteiger partial charge in [-0.2, -0.15) is 13.2 Å². The number of aromatic nitrogens is 2. The highest BCUT2D eigenvalue weighted by Gasteiger charge is 2.38. The van der Waals surface area contributed by atoms with Crippen LogP contribution in [0.15, 0.2) is 71.7 Å². The number of amides is 2. The number of carboxylic acids is 1. The molecule has 0 saturated heterocycles. The van der Waals surface area contributed by atoms with E-state index in [0.717, 1.165) is 0 Å². The summed E-state index contributed by atoms with van der Waals surface area (Å²) in [6.07, 6.45) is -3.66. The molecule has 0 radical (unpaired) electrons. The molecule has 0 fully saturated rings. The Labute approximate surface area is 295 Å². The molecular weight excluding hydrogens is 692 g/mol. The predicted octanol–water partition coefficient (Wildman–Crippen LogP) is 3.96. The van der Waals surface area contributed by atoms with E-state index < -0.39 is 29.5 Å². The number of aromatic hydroxyl groups is 1. The lowest BCUT2D eigenvalue weighted by atomic mass is 10.1. The van der Waals surface area contributed by atoms with Gasteiger partial charge in [-0.05, 0) is 67.4 Å². The van der Waals surface area contributed by atoms with Crippen LogP contribution in [0.1, 0.15) is 48.3 Å². The van der Waals surface area contributed by atoms with Crippen molar-refractivity contribution in [3.05, 3.63) is 105 Å². The Balaban J connectivity index is 0.00000106. The number of phenolic OH excluding ortho intramolecular Hbond substituents is 1. The highest BCUT2D eigenvalue weighted by Crippen LogP contribution is 2.24. The van der Waals surface area contributed by atoms with E-state index in [0.29, 0.717) is 16.7 Å². The number of nitrogen functional groups attached to an aromatic ring is 2. The number of aliphatic carboxylic acids is 1. The van der Waals surface area contributed by atoms with Crippen molar-refractivity contribution in [1.29, 1.82) is 5.41 Å². The van der Waals surface area contributed by atoms with E-state index in [1.54, 1.807) is 24.3 Å². The number of nitrogens with one attached hydrogen (secondary N) is 4. The average Bonchev–Trinajstić information content (AvgIpc) is 3.04. The molecule has 1 aromatic heterocycles. The zero-order chi connectivity index (χ0) is 38.0. The molecule has 10 N–H and O–H groups in total. The van der Waals surface area contributed by atoms with Crippen molar-refractivity contribution in [2.24, 2.45) is 5.73 Å². The number of halogens is 4. The number of anilines is 2. The zero-order valence-corrected chi connectivity index (χ0v) is 27.1. The van der Waals surface area contributed by atoms with Crippen LogP contribution >= 0.6 is 0 Å². The van der Waals surface area contributed by atoms with Crippen molar-refractivity contribution in [1.82, 2.24) is 20.2 Å². The van der Waals surface area contributed by atoms with Crippen molar-refractivity contribution in [2.45, 2.75) is 53.1 Å². The summed E-state index contributed by atoms with van der Waals surface area (Å²) >= 11 is 0. The minimum Gasteiger partial charge on any atom is -0.507 e. The Kier molecular flexibility index (Phi) is 14.4. The maximum absolute atomic E-state index is 13.5. The first-order valence-electron chi connectivity index (χ1n) is 14.9. The summed E-state index contributed by atoms with van der Waals surface area (Å²) < 4.78 is 46.2. The van der Waals surface area contributed by atoms with Crippen LogP contribution in [0.2, 0.25) is 0 Å². The molecule has 0 aliphatic heterocycles. The Morgan fingerprint density at radius 3 is 2.13 bits per heavy atom. The van der Waals surface area contributed by atoms with Gasteiger partial charge in [0.15, 0.2) is 5.82 Å². The van der Waals surface area contributed by atoms with Gasteiger partial charge in [0.2, 0.25) is 5.91 Å². The predicted molar refractivity (Wildman–Crippen MR) is 186 cm³/mol. The molecule has 0 aliphatic rings. The van der Waals surface area contributed by atoms with Gasteiger partial charge in [-0.15, -0.1) is 0 Å². The minimum absolute atomic E-state index is 0. The van der Waals surface area contributed by atoms with Gasteiger partial charge in [0.1, 0.15) is 23.9 Å². The molecular formula is C34H38F4N8O6. The van der Waals surface area contributed by atoms with E-state index in [1.165, 1.54) is 47.2 Å². The summed E-state index contributed by atoms with van der Waals surface area (Å²) in [6, 6.07) is 14.7. The fraction of sp³-hybridized carbons (Fsp3) is 0.235. The zero-order valence-electron chi connectivity index (χ0n) is 27.1. The molecule has 4 rings (SSSR count). The fourth-order valence-electron chi connectivity index (χ4n) is 4.38. The Hall–Kier alpha value is -6.46. The van der Waals surface area contributed by atoms with Crippen LogP contribution in [0, 0.1) is 11.2 Å². The number of carboxylic acid groups (broad SMARTS) is 1. The second kappa shape index (κ2) is 18.0. The fourth-order valence-corrected chi connectivity index (χ4v) is 4.38. The smallest absolute Gasteiger partial charge is 0.490 e. The van der Waals surface area contributed by atoms with Gasteiger partial charge >= 0.3 is 12.1 Å². The topological polar surface area (TPSA) is 239 Å². The molecule has 278 valence electrons. The third kappa shape index (κ3) is 11.9. The van der Waals surface area contributed by atoms with Crippen LogP contribution in [-0.2, 0) is 29.2 Å². The number of hydrogen-bond acceptors (Lipinski definition) is 9. The molecule has 1 heterocycles. The van der Waals surface area contributed by atoms with E-state index in [-0.39, 0.29) is 78.8 Å². The van der Waals surface area contributed by atoms with Crippen molar-refractivity contribution >= 4 is 35.1 Å². The SMILES string of the molecule is C.CC(C)Nc1ncc(-c2cc(N)cc(C(=O)NCc3ccc(F)cc3)c2)n(CC(=O)NCc2ccc(C(=N)N)c(O)c2)c1=O.O=C(O)C(F)(F)F. The third-order valence-corrected chi connectivity index (χ3v) is 6.75. The standard InChI is InChI=1S/C31H33FN8O4.C2HF3O2.CH4/c1-17(2)39-29-31(44)40(16-27(42)36-14-19-5-8-24(28(34)35)26(41)9-19)25(15-37-29)20-10-21(12-23(33)11-20)30(43)38-13-18-3-6-22(32)7-4-18;3-2(4,5)1(6)7;/h3-12,15,17,41H,13-14,16,33H2,1-2H3,(H3,34,35)(H,36,42)(H,37,39)(H,38,43);(H,6,7);1H4. The normalized spacial score (nSPS) is 10.7. The van der Waals surface area contributed by atoms with Gasteiger partial charge in [0.05, 0.1) is 17.5 Å². The quantitative estimate of drug-likeness (QED) is 0.0478. The minimum atomic E-state index is -5.08. The van der Waals surface area contributed by atoms with Gasteiger partial charge in [0, 0.05) is 35.9 Å². The highest BCUT2D eigenvalue weighted by atomic mass is 19.4. The summed E-state index contributed by atoms with van der Waals surface area (Å²) in [5.74, 6) is -4.53. The van der Waals surface area contributed by atoms with Crippen LogP contribution < -0.4 is 33.0 Å². The van der Waals surface area contributed by atoms with Crippen molar-refractivity contribution < 1.29 is 42.2 Å². The molecule has 14 nitrogen and oxygen atoms in total. The molecule has 3 aromatic carbocycles. The number of carbonyl (C=O) groups is 3. The van der Waals surface area contributed by atoms with Crippen LogP contribution in [0.5, 0.6) is 5.75 Å². The first-order chi connectivity index (χ1) is 23.8. The van der Waals surface area contributed by atoms with Gasteiger partial charge in [-0.3, -0.25) is 24.4 Å². The van der Waals surface area contributed by atoms with Crippen molar-refractivity contribution in [3.63, 3.8) is 0 Å². The molecule has 0 spiro atoms. The largest absolute Gasteiger partial charge is 0.507 e. The number of hydrogen-bond donors (Lipinski definition) is 8. The summed E-state index contributed by atoms with van der Waals surface area (Å²) in [5.41, 5.74) is 13.5. The highest BCUT2D eigenvalue weighted by molar-refractivity contribution is 5.97. The number of benzene rings is 3. The molecule has 0 unspecified atom stereocenters. The van der Waals surface area contributed by atoms with Gasteiger partial charge < -0.3 is 37.6 Å². The molecule has 52 heavy (non-hydrogen) atoms. The summed E-state index contributed by atoms with van der Waals surface area (Å²) in [4.78, 5) is 52.7. The molecule has 4 aromatic rings. The number of nitrogens with zero attached hydrogens (tertiary/aromatic N) is 2.